The van der Waals surface area contributed by atoms with Crippen molar-refractivity contribution in [1.29, 1.82) is 0 Å². The molecule has 2 aromatic carbocycles. The number of rotatable bonds is 5. The largest absolute Gasteiger partial charge is 0.495 e. The van der Waals surface area contributed by atoms with Gasteiger partial charge in [-0.1, -0.05) is 23.7 Å². The zero-order chi connectivity index (χ0) is 17.1. The molecule has 0 saturated heterocycles. The molecule has 1 N–H and O–H groups in total. The van der Waals surface area contributed by atoms with Crippen LogP contribution in [-0.4, -0.2) is 28.0 Å². The van der Waals surface area contributed by atoms with Gasteiger partial charge in [-0.05, 0) is 42.8 Å². The van der Waals surface area contributed by atoms with E-state index in [4.69, 9.17) is 16.3 Å². The number of benzene rings is 2. The molecule has 1 aromatic heterocycles. The summed E-state index contributed by atoms with van der Waals surface area (Å²) in [6.07, 6.45) is 0.971. The number of fused-ring (bicyclic) bond motifs is 1. The minimum atomic E-state index is -0.233. The molecule has 0 aliphatic heterocycles. The molecule has 124 valence electrons. The fourth-order valence-corrected chi connectivity index (χ4v) is 2.70. The summed E-state index contributed by atoms with van der Waals surface area (Å²) in [4.78, 5) is 12.4. The van der Waals surface area contributed by atoms with Crippen molar-refractivity contribution in [3.63, 3.8) is 0 Å². The van der Waals surface area contributed by atoms with E-state index in [1.165, 1.54) is 0 Å². The highest BCUT2D eigenvalue weighted by Crippen LogP contribution is 2.27. The van der Waals surface area contributed by atoms with Crippen LogP contribution >= 0.6 is 11.6 Å². The first-order chi connectivity index (χ1) is 11.6. The van der Waals surface area contributed by atoms with Gasteiger partial charge in [-0.15, -0.1) is 5.10 Å². The van der Waals surface area contributed by atoms with Crippen LogP contribution in [0, 0.1) is 0 Å². The maximum absolute atomic E-state index is 12.4. The third-order valence-electron chi connectivity index (χ3n) is 3.62. The Labute approximate surface area is 144 Å². The molecule has 0 unspecified atom stereocenters. The quantitative estimate of drug-likeness (QED) is 0.765. The normalized spacial score (nSPS) is 10.8. The molecule has 0 radical (unpaired) electrons. The van der Waals surface area contributed by atoms with E-state index in [-0.39, 0.29) is 5.91 Å². The number of nitrogens with one attached hydrogen (secondary N) is 1. The van der Waals surface area contributed by atoms with E-state index in [2.05, 4.69) is 22.6 Å². The lowest BCUT2D eigenvalue weighted by Gasteiger charge is -2.08. The van der Waals surface area contributed by atoms with Gasteiger partial charge >= 0.3 is 0 Å². The van der Waals surface area contributed by atoms with Gasteiger partial charge in [0.2, 0.25) is 0 Å². The van der Waals surface area contributed by atoms with E-state index >= 15 is 0 Å². The number of halogens is 1. The van der Waals surface area contributed by atoms with Crippen LogP contribution in [0.3, 0.4) is 0 Å². The number of aryl methyl sites for hydroxylation is 1. The van der Waals surface area contributed by atoms with E-state index in [1.54, 1.807) is 37.4 Å². The van der Waals surface area contributed by atoms with E-state index in [9.17, 15) is 4.79 Å². The predicted molar refractivity (Wildman–Crippen MR) is 93.8 cm³/mol. The van der Waals surface area contributed by atoms with E-state index in [0.29, 0.717) is 27.5 Å². The highest BCUT2D eigenvalue weighted by molar-refractivity contribution is 6.32. The van der Waals surface area contributed by atoms with Gasteiger partial charge in [0.15, 0.2) is 0 Å². The van der Waals surface area contributed by atoms with Crippen molar-refractivity contribution in [2.24, 2.45) is 0 Å². The molecule has 0 saturated carbocycles. The standard InChI is InChI=1S/C17H17ClN4O2/c1-3-8-22-15-6-4-11(9-14(15)20-21-22)17(23)19-12-5-7-16(24-2)13(18)10-12/h4-7,9-10H,3,8H2,1-2H3,(H,19,23). The highest BCUT2D eigenvalue weighted by Gasteiger charge is 2.11. The number of ether oxygens (including phenoxy) is 1. The molecule has 3 rings (SSSR count). The summed E-state index contributed by atoms with van der Waals surface area (Å²) in [6.45, 7) is 2.88. The third kappa shape index (κ3) is 3.19. The average molecular weight is 345 g/mol. The number of carbonyl (C=O) groups is 1. The topological polar surface area (TPSA) is 69.0 Å². The lowest BCUT2D eigenvalue weighted by molar-refractivity contribution is 0.102. The van der Waals surface area contributed by atoms with Gasteiger partial charge in [0.05, 0.1) is 17.6 Å². The van der Waals surface area contributed by atoms with Crippen LogP contribution in [0.5, 0.6) is 5.75 Å². The van der Waals surface area contributed by atoms with Crippen molar-refractivity contribution in [1.82, 2.24) is 15.0 Å². The summed E-state index contributed by atoms with van der Waals surface area (Å²) in [7, 11) is 1.54. The number of anilines is 1. The number of carbonyl (C=O) groups excluding carboxylic acids is 1. The van der Waals surface area contributed by atoms with E-state index < -0.39 is 0 Å². The third-order valence-corrected chi connectivity index (χ3v) is 3.92. The molecular formula is C17H17ClN4O2. The van der Waals surface area contributed by atoms with Crippen molar-refractivity contribution in [2.75, 3.05) is 12.4 Å². The summed E-state index contributed by atoms with van der Waals surface area (Å²) in [5.74, 6) is 0.326. The van der Waals surface area contributed by atoms with Crippen LogP contribution < -0.4 is 10.1 Å². The number of hydrogen-bond acceptors (Lipinski definition) is 4. The van der Waals surface area contributed by atoms with Crippen LogP contribution in [0.2, 0.25) is 5.02 Å². The Bertz CT molecular complexity index is 891. The van der Waals surface area contributed by atoms with E-state index in [1.807, 2.05) is 10.7 Å². The Morgan fingerprint density at radius 2 is 2.12 bits per heavy atom. The first-order valence-corrected chi connectivity index (χ1v) is 7.98. The molecule has 0 atom stereocenters. The maximum atomic E-state index is 12.4. The van der Waals surface area contributed by atoms with Crippen molar-refractivity contribution in [3.05, 3.63) is 47.0 Å². The zero-order valence-electron chi connectivity index (χ0n) is 13.4. The Kier molecular flexibility index (Phi) is 4.66. The zero-order valence-corrected chi connectivity index (χ0v) is 14.2. The molecule has 3 aromatic rings. The van der Waals surface area contributed by atoms with Crippen LogP contribution in [-0.2, 0) is 6.54 Å². The Hall–Kier alpha value is -2.60. The molecule has 0 fully saturated rings. The predicted octanol–water partition coefficient (Wildman–Crippen LogP) is 3.76. The van der Waals surface area contributed by atoms with Crippen molar-refractivity contribution in [2.45, 2.75) is 19.9 Å². The van der Waals surface area contributed by atoms with E-state index in [0.717, 1.165) is 18.5 Å². The molecule has 0 bridgehead atoms. The van der Waals surface area contributed by atoms with Gasteiger partial charge in [0.1, 0.15) is 11.3 Å². The first-order valence-electron chi connectivity index (χ1n) is 7.60. The highest BCUT2D eigenvalue weighted by atomic mass is 35.5. The summed E-state index contributed by atoms with van der Waals surface area (Å²) in [6, 6.07) is 10.4. The number of hydrogen-bond donors (Lipinski definition) is 1. The second kappa shape index (κ2) is 6.88. The van der Waals surface area contributed by atoms with Crippen molar-refractivity contribution in [3.8, 4) is 5.75 Å². The van der Waals surface area contributed by atoms with Gasteiger partial charge < -0.3 is 10.1 Å². The number of methoxy groups -OCH3 is 1. The molecule has 1 amide bonds. The molecular weight excluding hydrogens is 328 g/mol. The maximum Gasteiger partial charge on any atom is 0.255 e. The van der Waals surface area contributed by atoms with Crippen molar-refractivity contribution >= 4 is 34.2 Å². The summed E-state index contributed by atoms with van der Waals surface area (Å²) >= 11 is 6.07. The second-order valence-electron chi connectivity index (χ2n) is 5.32. The Balaban J connectivity index is 1.82. The molecule has 24 heavy (non-hydrogen) atoms. The fourth-order valence-electron chi connectivity index (χ4n) is 2.44. The lowest BCUT2D eigenvalue weighted by atomic mass is 10.1. The van der Waals surface area contributed by atoms with Gasteiger partial charge in [0.25, 0.3) is 5.91 Å². The van der Waals surface area contributed by atoms with Gasteiger partial charge in [-0.25, -0.2) is 4.68 Å². The lowest BCUT2D eigenvalue weighted by Crippen LogP contribution is -2.11. The first kappa shape index (κ1) is 16.3. The van der Waals surface area contributed by atoms with Crippen LogP contribution in [0.15, 0.2) is 36.4 Å². The average Bonchev–Trinajstić information content (AvgIpc) is 2.98. The summed E-state index contributed by atoms with van der Waals surface area (Å²) in [5, 5.41) is 11.5. The number of amides is 1. The number of nitrogens with zero attached hydrogens (tertiary/aromatic N) is 3. The summed E-state index contributed by atoms with van der Waals surface area (Å²) in [5.41, 5.74) is 2.73. The minimum absolute atomic E-state index is 0.233. The molecule has 6 nitrogen and oxygen atoms in total. The molecule has 0 aliphatic rings. The smallest absolute Gasteiger partial charge is 0.255 e. The van der Waals surface area contributed by atoms with Crippen LogP contribution in [0.1, 0.15) is 23.7 Å². The van der Waals surface area contributed by atoms with Crippen LogP contribution in [0.4, 0.5) is 5.69 Å². The van der Waals surface area contributed by atoms with Gasteiger partial charge in [0, 0.05) is 17.8 Å². The van der Waals surface area contributed by atoms with Gasteiger partial charge in [-0.3, -0.25) is 4.79 Å². The van der Waals surface area contributed by atoms with Gasteiger partial charge in [-0.2, -0.15) is 0 Å². The SMILES string of the molecule is CCCn1nnc2cc(C(=O)Nc3ccc(OC)c(Cl)c3)ccc21. The minimum Gasteiger partial charge on any atom is -0.495 e. The van der Waals surface area contributed by atoms with Crippen LogP contribution in [0.25, 0.3) is 11.0 Å². The molecule has 0 spiro atoms. The molecule has 1 heterocycles. The fraction of sp³-hybridized carbons (Fsp3) is 0.235. The van der Waals surface area contributed by atoms with Crippen molar-refractivity contribution < 1.29 is 9.53 Å². The number of aromatic nitrogens is 3. The molecule has 7 heteroatoms. The second-order valence-corrected chi connectivity index (χ2v) is 5.73. The Morgan fingerprint density at radius 1 is 1.29 bits per heavy atom. The molecule has 0 aliphatic carbocycles. The monoisotopic (exact) mass is 344 g/mol. The summed E-state index contributed by atoms with van der Waals surface area (Å²) < 4.78 is 6.93. The Morgan fingerprint density at radius 3 is 2.83 bits per heavy atom.